The van der Waals surface area contributed by atoms with Crippen molar-refractivity contribution >= 4 is 21.6 Å². The Kier molecular flexibility index (Phi) is 6.92. The molecule has 0 radical (unpaired) electrons. The van der Waals surface area contributed by atoms with E-state index in [2.05, 4.69) is 29.0 Å². The van der Waals surface area contributed by atoms with Gasteiger partial charge in [-0.2, -0.15) is 0 Å². The number of benzene rings is 2. The Morgan fingerprint density at radius 1 is 1.16 bits per heavy atom. The largest absolute Gasteiger partial charge is 0.492 e. The number of nitrogens with two attached hydrogens (primary N) is 1. The molecular formula is C24H31ClN2O3S. The van der Waals surface area contributed by atoms with E-state index in [0.717, 1.165) is 42.9 Å². The Hall–Kier alpha value is -1.60. The molecule has 0 bridgehead atoms. The second-order valence-corrected chi connectivity index (χ2v) is 11.4. The fraction of sp³-hybridized carbons (Fsp3) is 0.500. The van der Waals surface area contributed by atoms with E-state index in [1.165, 1.54) is 16.7 Å². The fourth-order valence-corrected chi connectivity index (χ4v) is 5.96. The summed E-state index contributed by atoms with van der Waals surface area (Å²) in [5, 5.41) is 0.404. The minimum atomic E-state index is -3.28. The summed E-state index contributed by atoms with van der Waals surface area (Å²) in [7, 11) is -3.28. The zero-order chi connectivity index (χ0) is 22.0. The summed E-state index contributed by atoms with van der Waals surface area (Å²) in [6, 6.07) is 14.2. The number of sulfonamides is 1. The lowest BCUT2D eigenvalue weighted by Gasteiger charge is -2.32. The van der Waals surface area contributed by atoms with Gasteiger partial charge in [-0.05, 0) is 85.9 Å². The average Bonchev–Trinajstić information content (AvgIpc) is 3.59. The van der Waals surface area contributed by atoms with Gasteiger partial charge in [0.05, 0.1) is 5.25 Å². The van der Waals surface area contributed by atoms with E-state index in [0.29, 0.717) is 12.5 Å². The van der Waals surface area contributed by atoms with Crippen LogP contribution < -0.4 is 15.2 Å². The maximum atomic E-state index is 12.3. The SMILES string of the molecule is CC(C1CC1)S(=O)(=O)NCCOc1ccc2c(c1)C(Cc1ccc(Cl)cc1)C(N)CC2. The van der Waals surface area contributed by atoms with Crippen LogP contribution in [0.3, 0.4) is 0 Å². The molecular weight excluding hydrogens is 432 g/mol. The predicted octanol–water partition coefficient (Wildman–Crippen LogP) is 4.04. The molecule has 0 aromatic heterocycles. The highest BCUT2D eigenvalue weighted by Gasteiger charge is 2.36. The van der Waals surface area contributed by atoms with E-state index < -0.39 is 10.0 Å². The van der Waals surface area contributed by atoms with Gasteiger partial charge >= 0.3 is 0 Å². The van der Waals surface area contributed by atoms with Crippen LogP contribution in [0.1, 0.15) is 48.8 Å². The molecule has 0 saturated heterocycles. The Labute approximate surface area is 190 Å². The quantitative estimate of drug-likeness (QED) is 0.551. The van der Waals surface area contributed by atoms with Crippen LogP contribution in [0.2, 0.25) is 5.02 Å². The van der Waals surface area contributed by atoms with Gasteiger partial charge in [0, 0.05) is 23.5 Å². The van der Waals surface area contributed by atoms with Gasteiger partial charge in [0.2, 0.25) is 10.0 Å². The van der Waals surface area contributed by atoms with Crippen molar-refractivity contribution in [1.29, 1.82) is 0 Å². The van der Waals surface area contributed by atoms with Gasteiger partial charge in [-0.1, -0.05) is 29.8 Å². The van der Waals surface area contributed by atoms with Gasteiger partial charge in [-0.25, -0.2) is 13.1 Å². The molecule has 0 heterocycles. The summed E-state index contributed by atoms with van der Waals surface area (Å²) in [6.07, 6.45) is 4.80. The minimum absolute atomic E-state index is 0.0918. The van der Waals surface area contributed by atoms with E-state index in [1.54, 1.807) is 6.92 Å². The number of aryl methyl sites for hydroxylation is 1. The molecule has 0 spiro atoms. The van der Waals surface area contributed by atoms with Crippen molar-refractivity contribution in [3.8, 4) is 5.75 Å². The molecule has 1 saturated carbocycles. The number of nitrogens with one attached hydrogen (secondary N) is 1. The molecule has 2 aliphatic rings. The first kappa shape index (κ1) is 22.6. The highest BCUT2D eigenvalue weighted by atomic mass is 35.5. The Bertz CT molecular complexity index is 1010. The number of hydrogen-bond donors (Lipinski definition) is 2. The van der Waals surface area contributed by atoms with Gasteiger partial charge in [0.25, 0.3) is 0 Å². The molecule has 0 aliphatic heterocycles. The molecule has 3 N–H and O–H groups in total. The maximum Gasteiger partial charge on any atom is 0.214 e. The summed E-state index contributed by atoms with van der Waals surface area (Å²) in [4.78, 5) is 0. The topological polar surface area (TPSA) is 81.4 Å². The van der Waals surface area contributed by atoms with E-state index in [9.17, 15) is 8.42 Å². The minimum Gasteiger partial charge on any atom is -0.492 e. The lowest BCUT2D eigenvalue weighted by Crippen LogP contribution is -2.36. The number of ether oxygens (including phenoxy) is 1. The van der Waals surface area contributed by atoms with Crippen molar-refractivity contribution in [2.75, 3.05) is 13.2 Å². The summed E-state index contributed by atoms with van der Waals surface area (Å²) in [5.41, 5.74) is 10.3. The first-order valence-corrected chi connectivity index (χ1v) is 13.0. The van der Waals surface area contributed by atoms with Gasteiger partial charge < -0.3 is 10.5 Å². The third-order valence-electron chi connectivity index (χ3n) is 6.60. The van der Waals surface area contributed by atoms with Crippen LogP contribution in [-0.4, -0.2) is 32.9 Å². The van der Waals surface area contributed by atoms with Crippen LogP contribution in [0, 0.1) is 5.92 Å². The van der Waals surface area contributed by atoms with E-state index in [1.807, 2.05) is 18.2 Å². The third-order valence-corrected chi connectivity index (χ3v) is 8.82. The van der Waals surface area contributed by atoms with Crippen molar-refractivity contribution in [2.45, 2.75) is 56.2 Å². The van der Waals surface area contributed by atoms with Gasteiger partial charge in [-0.15, -0.1) is 0 Å². The zero-order valence-corrected chi connectivity index (χ0v) is 19.5. The standard InChI is InChI=1S/C24H31ClN2O3S/c1-16(18-4-5-18)31(28,29)27-12-13-30-21-10-6-19-7-11-24(26)23(22(19)15-21)14-17-2-8-20(25)9-3-17/h2-3,6,8-10,15-16,18,23-24,27H,4-5,7,11-14,26H2,1H3. The molecule has 2 aromatic carbocycles. The van der Waals surface area contributed by atoms with Crippen LogP contribution >= 0.6 is 11.6 Å². The maximum absolute atomic E-state index is 12.3. The normalized spacial score (nSPS) is 22.0. The van der Waals surface area contributed by atoms with Crippen molar-refractivity contribution < 1.29 is 13.2 Å². The molecule has 2 aromatic rings. The molecule has 4 rings (SSSR count). The molecule has 7 heteroatoms. The van der Waals surface area contributed by atoms with Crippen molar-refractivity contribution in [2.24, 2.45) is 11.7 Å². The molecule has 3 atom stereocenters. The Morgan fingerprint density at radius 2 is 1.90 bits per heavy atom. The van der Waals surface area contributed by atoms with Gasteiger partial charge in [0.15, 0.2) is 0 Å². The number of fused-ring (bicyclic) bond motifs is 1. The highest BCUT2D eigenvalue weighted by Crippen LogP contribution is 2.36. The van der Waals surface area contributed by atoms with Crippen LogP contribution in [0.15, 0.2) is 42.5 Å². The third kappa shape index (κ3) is 5.61. The van der Waals surface area contributed by atoms with Crippen molar-refractivity contribution in [3.63, 3.8) is 0 Å². The van der Waals surface area contributed by atoms with Crippen molar-refractivity contribution in [1.82, 2.24) is 4.72 Å². The Balaban J connectivity index is 1.39. The monoisotopic (exact) mass is 462 g/mol. The molecule has 2 aliphatic carbocycles. The fourth-order valence-electron chi connectivity index (χ4n) is 4.43. The zero-order valence-electron chi connectivity index (χ0n) is 17.9. The van der Waals surface area contributed by atoms with Crippen LogP contribution in [0.4, 0.5) is 0 Å². The van der Waals surface area contributed by atoms with E-state index in [4.69, 9.17) is 22.1 Å². The van der Waals surface area contributed by atoms with Gasteiger partial charge in [0.1, 0.15) is 12.4 Å². The second kappa shape index (κ2) is 9.49. The molecule has 3 unspecified atom stereocenters. The van der Waals surface area contributed by atoms with Crippen LogP contribution in [0.5, 0.6) is 5.75 Å². The lowest BCUT2D eigenvalue weighted by atomic mass is 9.76. The number of rotatable bonds is 9. The first-order chi connectivity index (χ1) is 14.8. The van der Waals surface area contributed by atoms with Crippen LogP contribution in [-0.2, 0) is 22.9 Å². The first-order valence-electron chi connectivity index (χ1n) is 11.1. The second-order valence-electron chi connectivity index (χ2n) is 8.83. The summed E-state index contributed by atoms with van der Waals surface area (Å²) < 4.78 is 33.2. The van der Waals surface area contributed by atoms with Crippen molar-refractivity contribution in [3.05, 3.63) is 64.2 Å². The lowest BCUT2D eigenvalue weighted by molar-refractivity contribution is 0.321. The van der Waals surface area contributed by atoms with E-state index in [-0.39, 0.29) is 23.8 Å². The number of halogens is 1. The Morgan fingerprint density at radius 3 is 2.61 bits per heavy atom. The summed E-state index contributed by atoms with van der Waals surface area (Å²) >= 11 is 6.03. The molecule has 1 fully saturated rings. The average molecular weight is 463 g/mol. The molecule has 31 heavy (non-hydrogen) atoms. The van der Waals surface area contributed by atoms with Crippen LogP contribution in [0.25, 0.3) is 0 Å². The predicted molar refractivity (Wildman–Crippen MR) is 125 cm³/mol. The molecule has 168 valence electrons. The smallest absolute Gasteiger partial charge is 0.214 e. The highest BCUT2D eigenvalue weighted by molar-refractivity contribution is 7.90. The van der Waals surface area contributed by atoms with Gasteiger partial charge in [-0.3, -0.25) is 0 Å². The summed E-state index contributed by atoms with van der Waals surface area (Å²) in [6.45, 7) is 2.35. The molecule has 0 amide bonds. The number of hydrogen-bond acceptors (Lipinski definition) is 4. The van der Waals surface area contributed by atoms with E-state index >= 15 is 0 Å². The summed E-state index contributed by atoms with van der Waals surface area (Å²) in [5.74, 6) is 1.27. The molecule has 5 nitrogen and oxygen atoms in total.